The molecule has 0 aliphatic carbocycles. The first-order chi connectivity index (χ1) is 9.54. The molecule has 5 nitrogen and oxygen atoms in total. The number of nitrogens with two attached hydrogens (primary N) is 1. The molecule has 112 valence electrons. The van der Waals surface area contributed by atoms with E-state index in [2.05, 4.69) is 18.7 Å². The smallest absolute Gasteiger partial charge is 0.119 e. The molecule has 1 fully saturated rings. The van der Waals surface area contributed by atoms with Crippen molar-refractivity contribution >= 4 is 5.69 Å². The monoisotopic (exact) mass is 280 g/mol. The summed E-state index contributed by atoms with van der Waals surface area (Å²) in [5.74, 6) is 0.724. The summed E-state index contributed by atoms with van der Waals surface area (Å²) in [6.07, 6.45) is -0.295. The topological polar surface area (TPSA) is 68.0 Å². The molecule has 3 unspecified atom stereocenters. The number of nitrogen functional groups attached to an aromatic ring is 1. The Balaban J connectivity index is 1.77. The highest BCUT2D eigenvalue weighted by Gasteiger charge is 2.25. The van der Waals surface area contributed by atoms with Crippen molar-refractivity contribution in [3.63, 3.8) is 0 Å². The van der Waals surface area contributed by atoms with Crippen molar-refractivity contribution in [3.05, 3.63) is 24.3 Å². The molecule has 20 heavy (non-hydrogen) atoms. The zero-order valence-corrected chi connectivity index (χ0v) is 12.2. The van der Waals surface area contributed by atoms with Crippen LogP contribution in [0.1, 0.15) is 13.8 Å². The van der Waals surface area contributed by atoms with Gasteiger partial charge in [0.2, 0.25) is 0 Å². The molecule has 0 bridgehead atoms. The van der Waals surface area contributed by atoms with E-state index in [-0.39, 0.29) is 12.7 Å². The molecule has 0 saturated carbocycles. The van der Waals surface area contributed by atoms with Crippen LogP contribution in [0.5, 0.6) is 5.75 Å². The van der Waals surface area contributed by atoms with E-state index in [4.69, 9.17) is 15.2 Å². The van der Waals surface area contributed by atoms with E-state index in [0.717, 1.165) is 12.3 Å². The molecule has 1 saturated heterocycles. The molecule has 1 aliphatic rings. The maximum atomic E-state index is 10.1. The molecule has 5 heteroatoms. The number of hydrogen-bond donors (Lipinski definition) is 2. The van der Waals surface area contributed by atoms with Crippen molar-refractivity contribution in [2.24, 2.45) is 0 Å². The Kier molecular flexibility index (Phi) is 5.23. The maximum absolute atomic E-state index is 10.1. The van der Waals surface area contributed by atoms with Crippen LogP contribution < -0.4 is 10.5 Å². The van der Waals surface area contributed by atoms with Crippen LogP contribution in [0, 0.1) is 0 Å². The molecular formula is C15H24N2O3. The SMILES string of the molecule is CC1CN(CC(O)COc2ccc(N)cc2)C(C)CO1. The number of aliphatic hydroxyl groups excluding tert-OH is 1. The average Bonchev–Trinajstić information content (AvgIpc) is 2.42. The van der Waals surface area contributed by atoms with E-state index >= 15 is 0 Å². The van der Waals surface area contributed by atoms with Gasteiger partial charge in [-0.1, -0.05) is 0 Å². The van der Waals surface area contributed by atoms with Crippen LogP contribution in [0.2, 0.25) is 0 Å². The highest BCUT2D eigenvalue weighted by molar-refractivity contribution is 5.41. The van der Waals surface area contributed by atoms with Gasteiger partial charge in [-0.05, 0) is 38.1 Å². The lowest BCUT2D eigenvalue weighted by molar-refractivity contribution is -0.0650. The number of nitrogens with zero attached hydrogens (tertiary/aromatic N) is 1. The fourth-order valence-corrected chi connectivity index (χ4v) is 2.31. The lowest BCUT2D eigenvalue weighted by atomic mass is 10.2. The lowest BCUT2D eigenvalue weighted by Crippen LogP contribution is -2.50. The van der Waals surface area contributed by atoms with Gasteiger partial charge in [0.25, 0.3) is 0 Å². The van der Waals surface area contributed by atoms with Gasteiger partial charge in [0.1, 0.15) is 18.5 Å². The molecule has 0 amide bonds. The second-order valence-electron chi connectivity index (χ2n) is 5.48. The Hall–Kier alpha value is -1.30. The predicted octanol–water partition coefficient (Wildman–Crippen LogP) is 1.12. The minimum atomic E-state index is -0.514. The van der Waals surface area contributed by atoms with E-state index < -0.39 is 6.10 Å². The molecular weight excluding hydrogens is 256 g/mol. The Bertz CT molecular complexity index is 410. The molecule has 0 aromatic heterocycles. The summed E-state index contributed by atoms with van der Waals surface area (Å²) in [5.41, 5.74) is 6.31. The first kappa shape index (κ1) is 15.1. The molecule has 1 heterocycles. The summed E-state index contributed by atoms with van der Waals surface area (Å²) >= 11 is 0. The Morgan fingerprint density at radius 3 is 2.80 bits per heavy atom. The zero-order chi connectivity index (χ0) is 14.5. The summed E-state index contributed by atoms with van der Waals surface area (Å²) in [4.78, 5) is 2.24. The fraction of sp³-hybridized carbons (Fsp3) is 0.600. The van der Waals surface area contributed by atoms with Gasteiger partial charge >= 0.3 is 0 Å². The quantitative estimate of drug-likeness (QED) is 0.791. The number of morpholine rings is 1. The van der Waals surface area contributed by atoms with E-state index in [1.54, 1.807) is 12.1 Å². The molecule has 3 atom stereocenters. The summed E-state index contributed by atoms with van der Waals surface area (Å²) in [6.45, 7) is 6.61. The van der Waals surface area contributed by atoms with Crippen LogP contribution >= 0.6 is 0 Å². The first-order valence-electron chi connectivity index (χ1n) is 7.06. The molecule has 3 N–H and O–H groups in total. The van der Waals surface area contributed by atoms with Crippen LogP contribution in [-0.2, 0) is 4.74 Å². The Labute approximate surface area is 120 Å². The Morgan fingerprint density at radius 2 is 2.10 bits per heavy atom. The van der Waals surface area contributed by atoms with Gasteiger partial charge in [-0.15, -0.1) is 0 Å². The van der Waals surface area contributed by atoms with Gasteiger partial charge in [0.05, 0.1) is 12.7 Å². The number of ether oxygens (including phenoxy) is 2. The van der Waals surface area contributed by atoms with Gasteiger partial charge in [-0.25, -0.2) is 0 Å². The Morgan fingerprint density at radius 1 is 1.40 bits per heavy atom. The molecule has 1 aromatic rings. The third-order valence-electron chi connectivity index (χ3n) is 3.50. The molecule has 1 aromatic carbocycles. The van der Waals surface area contributed by atoms with Gasteiger partial charge in [-0.3, -0.25) is 4.90 Å². The second kappa shape index (κ2) is 6.92. The number of rotatable bonds is 5. The van der Waals surface area contributed by atoms with Crippen LogP contribution in [0.3, 0.4) is 0 Å². The molecule has 1 aliphatic heterocycles. The van der Waals surface area contributed by atoms with Gasteiger partial charge in [0, 0.05) is 24.8 Å². The number of aliphatic hydroxyl groups is 1. The highest BCUT2D eigenvalue weighted by atomic mass is 16.5. The van der Waals surface area contributed by atoms with Crippen molar-refractivity contribution in [3.8, 4) is 5.75 Å². The minimum Gasteiger partial charge on any atom is -0.491 e. The third-order valence-corrected chi connectivity index (χ3v) is 3.50. The lowest BCUT2D eigenvalue weighted by Gasteiger charge is -2.37. The van der Waals surface area contributed by atoms with Gasteiger partial charge in [0.15, 0.2) is 0 Å². The standard InChI is InChI=1S/C15H24N2O3/c1-11-9-19-12(2)7-17(11)8-14(18)10-20-15-5-3-13(16)4-6-15/h3-6,11-12,14,18H,7-10,16H2,1-2H3. The largest absolute Gasteiger partial charge is 0.491 e. The van der Waals surface area contributed by atoms with Crippen LogP contribution in [0.25, 0.3) is 0 Å². The van der Waals surface area contributed by atoms with E-state index in [1.807, 2.05) is 12.1 Å². The van der Waals surface area contributed by atoms with Crippen molar-refractivity contribution < 1.29 is 14.6 Å². The number of benzene rings is 1. The van der Waals surface area contributed by atoms with Crippen molar-refractivity contribution in [2.75, 3.05) is 32.0 Å². The predicted molar refractivity (Wildman–Crippen MR) is 78.8 cm³/mol. The summed E-state index contributed by atoms with van der Waals surface area (Å²) in [5, 5.41) is 10.1. The van der Waals surface area contributed by atoms with Crippen molar-refractivity contribution in [2.45, 2.75) is 32.1 Å². The first-order valence-corrected chi connectivity index (χ1v) is 7.06. The number of anilines is 1. The molecule has 0 spiro atoms. The molecule has 2 rings (SSSR count). The van der Waals surface area contributed by atoms with Crippen molar-refractivity contribution in [1.82, 2.24) is 4.90 Å². The summed E-state index contributed by atoms with van der Waals surface area (Å²) in [6, 6.07) is 7.52. The second-order valence-corrected chi connectivity index (χ2v) is 5.48. The van der Waals surface area contributed by atoms with E-state index in [1.165, 1.54) is 0 Å². The minimum absolute atomic E-state index is 0.219. The summed E-state index contributed by atoms with van der Waals surface area (Å²) < 4.78 is 11.1. The number of hydrogen-bond acceptors (Lipinski definition) is 5. The van der Waals surface area contributed by atoms with Gasteiger partial charge in [-0.2, -0.15) is 0 Å². The van der Waals surface area contributed by atoms with E-state index in [9.17, 15) is 5.11 Å². The number of β-amino-alcohol motifs (C(OH)–C–C–N with tert-alkyl or cyclic N) is 1. The van der Waals surface area contributed by atoms with Crippen LogP contribution in [-0.4, -0.2) is 54.6 Å². The normalized spacial score (nSPS) is 25.4. The van der Waals surface area contributed by atoms with Crippen molar-refractivity contribution in [1.29, 1.82) is 0 Å². The van der Waals surface area contributed by atoms with Crippen LogP contribution in [0.4, 0.5) is 5.69 Å². The highest BCUT2D eigenvalue weighted by Crippen LogP contribution is 2.15. The average molecular weight is 280 g/mol. The zero-order valence-electron chi connectivity index (χ0n) is 12.2. The maximum Gasteiger partial charge on any atom is 0.119 e. The van der Waals surface area contributed by atoms with Crippen LogP contribution in [0.15, 0.2) is 24.3 Å². The fourth-order valence-electron chi connectivity index (χ4n) is 2.31. The summed E-state index contributed by atoms with van der Waals surface area (Å²) in [7, 11) is 0. The van der Waals surface area contributed by atoms with E-state index in [0.29, 0.717) is 24.9 Å². The third kappa shape index (κ3) is 4.37. The van der Waals surface area contributed by atoms with Gasteiger partial charge < -0.3 is 20.3 Å². The molecule has 0 radical (unpaired) electrons.